The summed E-state index contributed by atoms with van der Waals surface area (Å²) in [6, 6.07) is 4.10. The molecule has 0 aliphatic heterocycles. The molecule has 3 heteroatoms. The van der Waals surface area contributed by atoms with Gasteiger partial charge in [-0.2, -0.15) is 0 Å². The summed E-state index contributed by atoms with van der Waals surface area (Å²) < 4.78 is 25.2. The maximum absolute atomic E-state index is 12.7. The van der Waals surface area contributed by atoms with Crippen LogP contribution in [0.2, 0.25) is 0 Å². The number of hydrogen-bond acceptors (Lipinski definition) is 1. The summed E-state index contributed by atoms with van der Waals surface area (Å²) >= 11 is 0. The van der Waals surface area contributed by atoms with Crippen LogP contribution in [0, 0.1) is 11.6 Å². The molecule has 0 bridgehead atoms. The molecule has 12 heavy (non-hydrogen) atoms. The van der Waals surface area contributed by atoms with E-state index in [1.54, 1.807) is 6.07 Å². The molecule has 1 nitrogen and oxygen atoms in total. The maximum Gasteiger partial charge on any atom is 0.159 e. The highest BCUT2D eigenvalue weighted by Crippen LogP contribution is 2.39. The van der Waals surface area contributed by atoms with Crippen molar-refractivity contribution in [2.75, 3.05) is 0 Å². The fourth-order valence-corrected chi connectivity index (χ4v) is 1.34. The van der Waals surface area contributed by atoms with Gasteiger partial charge >= 0.3 is 0 Å². The molecule has 2 N–H and O–H groups in total. The van der Waals surface area contributed by atoms with E-state index >= 15 is 0 Å². The van der Waals surface area contributed by atoms with Crippen molar-refractivity contribution < 1.29 is 8.78 Å². The van der Waals surface area contributed by atoms with Crippen LogP contribution in [-0.4, -0.2) is 6.04 Å². The van der Waals surface area contributed by atoms with Crippen molar-refractivity contribution in [2.45, 2.75) is 18.4 Å². The standard InChI is InChI=1S/C9H9F2N/c10-7-2-1-5(3-8(7)11)6-4-9(6)12/h1-3,6,9H,4,12H2/t6-,9?/m0/s1. The third-order valence-electron chi connectivity index (χ3n) is 2.21. The van der Waals surface area contributed by atoms with Crippen LogP contribution in [0.3, 0.4) is 0 Å². The van der Waals surface area contributed by atoms with E-state index in [1.807, 2.05) is 0 Å². The first kappa shape index (κ1) is 7.68. The lowest BCUT2D eigenvalue weighted by Crippen LogP contribution is -2.01. The molecule has 1 aliphatic carbocycles. The van der Waals surface area contributed by atoms with E-state index in [1.165, 1.54) is 6.07 Å². The van der Waals surface area contributed by atoms with Gasteiger partial charge in [0.05, 0.1) is 0 Å². The van der Waals surface area contributed by atoms with E-state index < -0.39 is 11.6 Å². The largest absolute Gasteiger partial charge is 0.327 e. The van der Waals surface area contributed by atoms with Gasteiger partial charge in [-0.05, 0) is 24.1 Å². The normalized spacial score (nSPS) is 27.2. The molecule has 0 radical (unpaired) electrons. The molecule has 1 aliphatic rings. The Hall–Kier alpha value is -0.960. The van der Waals surface area contributed by atoms with Crippen molar-refractivity contribution in [3.63, 3.8) is 0 Å². The third kappa shape index (κ3) is 1.20. The smallest absolute Gasteiger partial charge is 0.159 e. The van der Waals surface area contributed by atoms with Gasteiger partial charge in [0.25, 0.3) is 0 Å². The average molecular weight is 169 g/mol. The van der Waals surface area contributed by atoms with Gasteiger partial charge in [-0.25, -0.2) is 8.78 Å². The lowest BCUT2D eigenvalue weighted by atomic mass is 10.1. The monoisotopic (exact) mass is 169 g/mol. The molecular weight excluding hydrogens is 160 g/mol. The van der Waals surface area contributed by atoms with Crippen LogP contribution in [-0.2, 0) is 0 Å². The molecule has 0 aromatic heterocycles. The Balaban J connectivity index is 2.29. The third-order valence-corrected chi connectivity index (χ3v) is 2.21. The first-order valence-corrected chi connectivity index (χ1v) is 3.89. The van der Waals surface area contributed by atoms with Crippen LogP contribution < -0.4 is 5.73 Å². The van der Waals surface area contributed by atoms with E-state index in [4.69, 9.17) is 5.73 Å². The zero-order valence-corrected chi connectivity index (χ0v) is 6.43. The van der Waals surface area contributed by atoms with Gasteiger partial charge in [-0.1, -0.05) is 6.07 Å². The zero-order valence-electron chi connectivity index (χ0n) is 6.43. The van der Waals surface area contributed by atoms with Crippen molar-refractivity contribution in [3.8, 4) is 0 Å². The Kier molecular flexibility index (Phi) is 1.61. The molecule has 2 atom stereocenters. The summed E-state index contributed by atoms with van der Waals surface area (Å²) in [4.78, 5) is 0. The molecule has 0 heterocycles. The molecule has 0 spiro atoms. The minimum Gasteiger partial charge on any atom is -0.327 e. The van der Waals surface area contributed by atoms with Gasteiger partial charge in [0.15, 0.2) is 11.6 Å². The summed E-state index contributed by atoms with van der Waals surface area (Å²) in [5.41, 5.74) is 6.38. The van der Waals surface area contributed by atoms with Crippen molar-refractivity contribution in [1.29, 1.82) is 0 Å². The topological polar surface area (TPSA) is 26.0 Å². The Bertz CT molecular complexity index is 311. The SMILES string of the molecule is NC1C[C@H]1c1ccc(F)c(F)c1. The highest BCUT2D eigenvalue weighted by Gasteiger charge is 2.35. The van der Waals surface area contributed by atoms with Crippen LogP contribution in [0.25, 0.3) is 0 Å². The Morgan fingerprint density at radius 2 is 1.92 bits per heavy atom. The molecule has 2 rings (SSSR count). The highest BCUT2D eigenvalue weighted by molar-refractivity contribution is 5.28. The average Bonchev–Trinajstić information content (AvgIpc) is 2.73. The number of benzene rings is 1. The number of halogens is 2. The Morgan fingerprint density at radius 1 is 1.25 bits per heavy atom. The van der Waals surface area contributed by atoms with E-state index in [0.29, 0.717) is 0 Å². The quantitative estimate of drug-likeness (QED) is 0.681. The molecule has 0 amide bonds. The van der Waals surface area contributed by atoms with E-state index in [9.17, 15) is 8.78 Å². The summed E-state index contributed by atoms with van der Waals surface area (Å²) in [5.74, 6) is -1.35. The second-order valence-electron chi connectivity index (χ2n) is 3.18. The molecule has 64 valence electrons. The predicted molar refractivity (Wildman–Crippen MR) is 41.7 cm³/mol. The van der Waals surface area contributed by atoms with Gasteiger partial charge in [0.1, 0.15) is 0 Å². The van der Waals surface area contributed by atoms with Gasteiger partial charge < -0.3 is 5.73 Å². The summed E-state index contributed by atoms with van der Waals surface area (Å²) in [7, 11) is 0. The molecule has 1 unspecified atom stereocenters. The Morgan fingerprint density at radius 3 is 2.42 bits per heavy atom. The molecule has 1 aromatic carbocycles. The molecule has 0 saturated heterocycles. The molecule has 1 aromatic rings. The van der Waals surface area contributed by atoms with Crippen molar-refractivity contribution >= 4 is 0 Å². The molecule has 1 fully saturated rings. The van der Waals surface area contributed by atoms with Crippen LogP contribution in [0.5, 0.6) is 0 Å². The predicted octanol–water partition coefficient (Wildman–Crippen LogP) is 1.78. The molecular formula is C9H9F2N. The van der Waals surface area contributed by atoms with Gasteiger partial charge in [0.2, 0.25) is 0 Å². The Labute approximate surface area is 69.2 Å². The van der Waals surface area contributed by atoms with Crippen molar-refractivity contribution in [2.24, 2.45) is 5.73 Å². The van der Waals surface area contributed by atoms with Gasteiger partial charge in [0, 0.05) is 12.0 Å². The lowest BCUT2D eigenvalue weighted by molar-refractivity contribution is 0.507. The van der Waals surface area contributed by atoms with Crippen LogP contribution in [0.4, 0.5) is 8.78 Å². The second-order valence-corrected chi connectivity index (χ2v) is 3.18. The first-order chi connectivity index (χ1) is 5.68. The summed E-state index contributed by atoms with van der Waals surface area (Å²) in [5, 5.41) is 0. The minimum absolute atomic E-state index is 0.134. The maximum atomic E-state index is 12.7. The summed E-state index contributed by atoms with van der Waals surface area (Å²) in [6.07, 6.45) is 0.880. The highest BCUT2D eigenvalue weighted by atomic mass is 19.2. The first-order valence-electron chi connectivity index (χ1n) is 3.89. The number of rotatable bonds is 1. The number of nitrogens with two attached hydrogens (primary N) is 1. The second kappa shape index (κ2) is 2.52. The number of hydrogen-bond donors (Lipinski definition) is 1. The molecule has 1 saturated carbocycles. The van der Waals surface area contributed by atoms with E-state index in [2.05, 4.69) is 0 Å². The van der Waals surface area contributed by atoms with Crippen molar-refractivity contribution in [1.82, 2.24) is 0 Å². The van der Waals surface area contributed by atoms with E-state index in [-0.39, 0.29) is 12.0 Å². The minimum atomic E-state index is -0.798. The fourth-order valence-electron chi connectivity index (χ4n) is 1.34. The van der Waals surface area contributed by atoms with Gasteiger partial charge in [-0.3, -0.25) is 0 Å². The fraction of sp³-hybridized carbons (Fsp3) is 0.333. The van der Waals surface area contributed by atoms with Crippen LogP contribution in [0.15, 0.2) is 18.2 Å². The summed E-state index contributed by atoms with van der Waals surface area (Å²) in [6.45, 7) is 0. The zero-order chi connectivity index (χ0) is 8.72. The van der Waals surface area contributed by atoms with Crippen LogP contribution >= 0.6 is 0 Å². The lowest BCUT2D eigenvalue weighted by Gasteiger charge is -1.98. The van der Waals surface area contributed by atoms with Crippen molar-refractivity contribution in [3.05, 3.63) is 35.4 Å². The van der Waals surface area contributed by atoms with E-state index in [0.717, 1.165) is 18.1 Å². The van der Waals surface area contributed by atoms with Crippen LogP contribution in [0.1, 0.15) is 17.9 Å². The van der Waals surface area contributed by atoms with Gasteiger partial charge in [-0.15, -0.1) is 0 Å².